The van der Waals surface area contributed by atoms with Gasteiger partial charge in [0.05, 0.1) is 0 Å². The highest BCUT2D eigenvalue weighted by atomic mass is 16.5. The molecule has 1 aliphatic rings. The van der Waals surface area contributed by atoms with Crippen LogP contribution < -0.4 is 10.5 Å². The third-order valence-electron chi connectivity index (χ3n) is 3.94. The highest BCUT2D eigenvalue weighted by molar-refractivity contribution is 5.41. The first-order valence-corrected chi connectivity index (χ1v) is 7.31. The standard InChI is InChI=1S/C18H21NO/c1-13-11-16-12-15(8-10-18(16)20-13)17(19)9-7-14-5-3-2-4-6-14/h2-6,8,10,12-13,17H,7,9,11,19H2,1H3/t13-,17+/m0/s1. The first kappa shape index (κ1) is 13.2. The molecule has 0 aromatic heterocycles. The molecule has 2 N–H and O–H groups in total. The Morgan fingerprint density at radius 1 is 1.20 bits per heavy atom. The van der Waals surface area contributed by atoms with Gasteiger partial charge in [0.2, 0.25) is 0 Å². The predicted octanol–water partition coefficient (Wildman–Crippen LogP) is 3.64. The van der Waals surface area contributed by atoms with E-state index in [2.05, 4.69) is 49.4 Å². The maximum Gasteiger partial charge on any atom is 0.123 e. The Morgan fingerprint density at radius 2 is 2.00 bits per heavy atom. The first-order valence-electron chi connectivity index (χ1n) is 7.31. The lowest BCUT2D eigenvalue weighted by atomic mass is 9.97. The van der Waals surface area contributed by atoms with Crippen LogP contribution in [0.25, 0.3) is 0 Å². The number of fused-ring (bicyclic) bond motifs is 1. The van der Waals surface area contributed by atoms with Gasteiger partial charge in [0, 0.05) is 12.5 Å². The number of ether oxygens (including phenoxy) is 1. The molecule has 2 heteroatoms. The molecule has 3 rings (SSSR count). The first-order chi connectivity index (χ1) is 9.72. The number of hydrogen-bond acceptors (Lipinski definition) is 2. The molecule has 2 aromatic carbocycles. The smallest absolute Gasteiger partial charge is 0.123 e. The molecule has 0 unspecified atom stereocenters. The molecule has 1 heterocycles. The molecule has 2 aromatic rings. The van der Waals surface area contributed by atoms with Crippen molar-refractivity contribution in [2.45, 2.75) is 38.3 Å². The van der Waals surface area contributed by atoms with E-state index < -0.39 is 0 Å². The van der Waals surface area contributed by atoms with Gasteiger partial charge < -0.3 is 10.5 Å². The summed E-state index contributed by atoms with van der Waals surface area (Å²) in [5.74, 6) is 1.02. The lowest BCUT2D eigenvalue weighted by Crippen LogP contribution is -2.11. The molecule has 104 valence electrons. The van der Waals surface area contributed by atoms with Crippen molar-refractivity contribution < 1.29 is 4.74 Å². The van der Waals surface area contributed by atoms with E-state index in [0.717, 1.165) is 25.0 Å². The second-order valence-corrected chi connectivity index (χ2v) is 5.63. The molecule has 0 bridgehead atoms. The van der Waals surface area contributed by atoms with Crippen molar-refractivity contribution in [2.75, 3.05) is 0 Å². The van der Waals surface area contributed by atoms with E-state index in [1.807, 2.05) is 6.07 Å². The molecule has 2 atom stereocenters. The second-order valence-electron chi connectivity index (χ2n) is 5.63. The van der Waals surface area contributed by atoms with Gasteiger partial charge in [-0.25, -0.2) is 0 Å². The third kappa shape index (κ3) is 2.86. The van der Waals surface area contributed by atoms with E-state index >= 15 is 0 Å². The van der Waals surface area contributed by atoms with E-state index in [0.29, 0.717) is 6.10 Å². The van der Waals surface area contributed by atoms with Crippen LogP contribution in [0.3, 0.4) is 0 Å². The Kier molecular flexibility index (Phi) is 3.75. The Bertz CT molecular complexity index is 579. The Hall–Kier alpha value is -1.80. The van der Waals surface area contributed by atoms with Crippen molar-refractivity contribution in [2.24, 2.45) is 5.73 Å². The SMILES string of the molecule is C[C@H]1Cc2cc([C@H](N)CCc3ccccc3)ccc2O1. The summed E-state index contributed by atoms with van der Waals surface area (Å²) in [5, 5.41) is 0. The van der Waals surface area contributed by atoms with Crippen molar-refractivity contribution in [3.05, 3.63) is 65.2 Å². The molecule has 0 spiro atoms. The maximum absolute atomic E-state index is 6.33. The molecular formula is C18H21NO. The molecular weight excluding hydrogens is 246 g/mol. The van der Waals surface area contributed by atoms with Gasteiger partial charge in [0.25, 0.3) is 0 Å². The number of rotatable bonds is 4. The molecule has 0 saturated heterocycles. The zero-order valence-electron chi connectivity index (χ0n) is 11.9. The zero-order chi connectivity index (χ0) is 13.9. The lowest BCUT2D eigenvalue weighted by molar-refractivity contribution is 0.254. The fourth-order valence-corrected chi connectivity index (χ4v) is 2.81. The lowest BCUT2D eigenvalue weighted by Gasteiger charge is -2.13. The minimum absolute atomic E-state index is 0.0939. The Labute approximate surface area is 120 Å². The summed E-state index contributed by atoms with van der Waals surface area (Å²) in [6.45, 7) is 2.11. The molecule has 20 heavy (non-hydrogen) atoms. The fourth-order valence-electron chi connectivity index (χ4n) is 2.81. The van der Waals surface area contributed by atoms with Gasteiger partial charge in [-0.3, -0.25) is 0 Å². The molecule has 0 radical (unpaired) electrons. The summed E-state index contributed by atoms with van der Waals surface area (Å²) < 4.78 is 5.73. The van der Waals surface area contributed by atoms with Gasteiger partial charge in [-0.1, -0.05) is 42.5 Å². The second kappa shape index (κ2) is 5.68. The predicted molar refractivity (Wildman–Crippen MR) is 81.9 cm³/mol. The van der Waals surface area contributed by atoms with E-state index in [1.165, 1.54) is 16.7 Å². The summed E-state index contributed by atoms with van der Waals surface area (Å²) in [5.41, 5.74) is 10.2. The average Bonchev–Trinajstić information content (AvgIpc) is 2.85. The topological polar surface area (TPSA) is 35.2 Å². The number of aryl methyl sites for hydroxylation is 1. The highest BCUT2D eigenvalue weighted by Gasteiger charge is 2.20. The van der Waals surface area contributed by atoms with Gasteiger partial charge >= 0.3 is 0 Å². The fraction of sp³-hybridized carbons (Fsp3) is 0.333. The monoisotopic (exact) mass is 267 g/mol. The van der Waals surface area contributed by atoms with E-state index in [9.17, 15) is 0 Å². The van der Waals surface area contributed by atoms with Crippen molar-refractivity contribution in [3.63, 3.8) is 0 Å². The van der Waals surface area contributed by atoms with Crippen LogP contribution in [0.1, 0.15) is 36.1 Å². The van der Waals surface area contributed by atoms with E-state index in [-0.39, 0.29) is 6.04 Å². The maximum atomic E-state index is 6.33. The quantitative estimate of drug-likeness (QED) is 0.918. The summed E-state index contributed by atoms with van der Waals surface area (Å²) in [4.78, 5) is 0. The van der Waals surface area contributed by atoms with Crippen LogP contribution >= 0.6 is 0 Å². The zero-order valence-corrected chi connectivity index (χ0v) is 11.9. The molecule has 2 nitrogen and oxygen atoms in total. The van der Waals surface area contributed by atoms with Gasteiger partial charge in [-0.2, -0.15) is 0 Å². The van der Waals surface area contributed by atoms with Crippen LogP contribution in [0.4, 0.5) is 0 Å². The highest BCUT2D eigenvalue weighted by Crippen LogP contribution is 2.31. The van der Waals surface area contributed by atoms with Crippen LogP contribution in [0.2, 0.25) is 0 Å². The Morgan fingerprint density at radius 3 is 2.80 bits per heavy atom. The summed E-state index contributed by atoms with van der Waals surface area (Å²) in [6.07, 6.45) is 3.28. The number of nitrogens with two attached hydrogens (primary N) is 1. The largest absolute Gasteiger partial charge is 0.490 e. The van der Waals surface area contributed by atoms with Gasteiger partial charge in [0.15, 0.2) is 0 Å². The van der Waals surface area contributed by atoms with Crippen LogP contribution in [-0.2, 0) is 12.8 Å². The van der Waals surface area contributed by atoms with Crippen LogP contribution in [0.5, 0.6) is 5.75 Å². The van der Waals surface area contributed by atoms with Gasteiger partial charge in [-0.15, -0.1) is 0 Å². The van der Waals surface area contributed by atoms with E-state index in [4.69, 9.17) is 10.5 Å². The van der Waals surface area contributed by atoms with Gasteiger partial charge in [-0.05, 0) is 42.5 Å². The van der Waals surface area contributed by atoms with Crippen LogP contribution in [0.15, 0.2) is 48.5 Å². The third-order valence-corrected chi connectivity index (χ3v) is 3.94. The van der Waals surface area contributed by atoms with Crippen molar-refractivity contribution in [1.82, 2.24) is 0 Å². The molecule has 0 aliphatic carbocycles. The number of hydrogen-bond donors (Lipinski definition) is 1. The summed E-state index contributed by atoms with van der Waals surface area (Å²) in [7, 11) is 0. The minimum Gasteiger partial charge on any atom is -0.490 e. The molecule has 0 amide bonds. The summed E-state index contributed by atoms with van der Waals surface area (Å²) >= 11 is 0. The van der Waals surface area contributed by atoms with Crippen molar-refractivity contribution in [3.8, 4) is 5.75 Å². The van der Waals surface area contributed by atoms with Crippen LogP contribution in [0, 0.1) is 0 Å². The Balaban J connectivity index is 1.66. The normalized spacial score (nSPS) is 18.4. The van der Waals surface area contributed by atoms with Crippen molar-refractivity contribution >= 4 is 0 Å². The number of benzene rings is 2. The summed E-state index contributed by atoms with van der Waals surface area (Å²) in [6, 6.07) is 17.0. The van der Waals surface area contributed by atoms with Crippen LogP contribution in [-0.4, -0.2) is 6.10 Å². The molecule has 0 saturated carbocycles. The average molecular weight is 267 g/mol. The van der Waals surface area contributed by atoms with Gasteiger partial charge in [0.1, 0.15) is 11.9 Å². The molecule has 1 aliphatic heterocycles. The van der Waals surface area contributed by atoms with E-state index in [1.54, 1.807) is 0 Å². The van der Waals surface area contributed by atoms with Crippen molar-refractivity contribution in [1.29, 1.82) is 0 Å². The minimum atomic E-state index is 0.0939. The molecule has 0 fully saturated rings.